The van der Waals surface area contributed by atoms with Crippen LogP contribution in [0.2, 0.25) is 0 Å². The summed E-state index contributed by atoms with van der Waals surface area (Å²) in [6.07, 6.45) is -1.91. The third-order valence-electron chi connectivity index (χ3n) is 5.38. The van der Waals surface area contributed by atoms with E-state index >= 15 is 0 Å². The van der Waals surface area contributed by atoms with Gasteiger partial charge in [-0.15, -0.1) is 13.2 Å². The van der Waals surface area contributed by atoms with Gasteiger partial charge in [-0.2, -0.15) is 0 Å². The molecule has 3 aromatic carbocycles. The zero-order valence-electron chi connectivity index (χ0n) is 16.5. The van der Waals surface area contributed by atoms with Crippen LogP contribution < -0.4 is 4.74 Å². The summed E-state index contributed by atoms with van der Waals surface area (Å²) >= 11 is 0. The maximum atomic E-state index is 14.9. The van der Waals surface area contributed by atoms with Crippen LogP contribution in [0, 0.1) is 17.5 Å². The molecule has 1 aliphatic rings. The molecule has 0 N–H and O–H groups in total. The number of alkyl halides is 3. The fraction of sp³-hybridized carbons (Fsp3) is 0.250. The number of rotatable bonds is 4. The number of hydrogen-bond acceptors (Lipinski definition) is 1. The van der Waals surface area contributed by atoms with Crippen LogP contribution in [-0.4, -0.2) is 6.36 Å². The van der Waals surface area contributed by atoms with Crippen molar-refractivity contribution in [2.75, 3.05) is 0 Å². The Morgan fingerprint density at radius 1 is 0.774 bits per heavy atom. The molecule has 4 rings (SSSR count). The molecule has 1 nitrogen and oxygen atoms in total. The highest BCUT2D eigenvalue weighted by Gasteiger charge is 2.34. The first-order chi connectivity index (χ1) is 14.7. The molecule has 3 aromatic rings. The summed E-state index contributed by atoms with van der Waals surface area (Å²) < 4.78 is 83.6. The van der Waals surface area contributed by atoms with Gasteiger partial charge in [0.1, 0.15) is 5.82 Å². The Morgan fingerprint density at radius 2 is 1.42 bits per heavy atom. The van der Waals surface area contributed by atoms with E-state index in [1.165, 1.54) is 17.7 Å². The quantitative estimate of drug-likeness (QED) is 0.388. The van der Waals surface area contributed by atoms with E-state index in [0.29, 0.717) is 24.1 Å². The fourth-order valence-corrected chi connectivity index (χ4v) is 4.06. The van der Waals surface area contributed by atoms with E-state index in [4.69, 9.17) is 0 Å². The van der Waals surface area contributed by atoms with Gasteiger partial charge in [-0.05, 0) is 76.9 Å². The second-order valence-corrected chi connectivity index (χ2v) is 7.55. The second-order valence-electron chi connectivity index (χ2n) is 7.55. The van der Waals surface area contributed by atoms with Crippen molar-refractivity contribution in [1.29, 1.82) is 0 Å². The van der Waals surface area contributed by atoms with Gasteiger partial charge in [-0.3, -0.25) is 0 Å². The first-order valence-electron chi connectivity index (χ1n) is 9.86. The van der Waals surface area contributed by atoms with Crippen LogP contribution in [0.15, 0.2) is 42.5 Å². The number of hydrogen-bond donors (Lipinski definition) is 0. The Balaban J connectivity index is 1.75. The SMILES string of the molecule is CCCc1ccc2c(c1)CCc1cc(-c3cc(F)c(OC(F)(F)F)c(F)c3)c(F)cc1-2. The number of benzene rings is 3. The van der Waals surface area contributed by atoms with Crippen LogP contribution in [-0.2, 0) is 19.3 Å². The smallest absolute Gasteiger partial charge is 0.399 e. The maximum Gasteiger partial charge on any atom is 0.573 e. The highest BCUT2D eigenvalue weighted by atomic mass is 19.4. The van der Waals surface area contributed by atoms with E-state index < -0.39 is 29.6 Å². The average molecular weight is 436 g/mol. The van der Waals surface area contributed by atoms with Crippen molar-refractivity contribution < 1.29 is 31.1 Å². The predicted octanol–water partition coefficient (Wildman–Crippen LogP) is 7.39. The van der Waals surface area contributed by atoms with Crippen molar-refractivity contribution >= 4 is 0 Å². The molecular formula is C24H18F6O. The first kappa shape index (κ1) is 21.3. The Hall–Kier alpha value is -2.96. The van der Waals surface area contributed by atoms with Crippen molar-refractivity contribution in [1.82, 2.24) is 0 Å². The van der Waals surface area contributed by atoms with Gasteiger partial charge >= 0.3 is 6.36 Å². The minimum atomic E-state index is -5.25. The van der Waals surface area contributed by atoms with Crippen LogP contribution in [0.25, 0.3) is 22.3 Å². The largest absolute Gasteiger partial charge is 0.573 e. The van der Waals surface area contributed by atoms with E-state index in [2.05, 4.69) is 17.7 Å². The summed E-state index contributed by atoms with van der Waals surface area (Å²) in [5, 5.41) is 0. The number of ether oxygens (including phenoxy) is 1. The molecule has 0 aromatic heterocycles. The lowest BCUT2D eigenvalue weighted by Crippen LogP contribution is -2.19. The topological polar surface area (TPSA) is 9.23 Å². The molecule has 0 radical (unpaired) electrons. The molecule has 0 heterocycles. The Morgan fingerprint density at radius 3 is 2.03 bits per heavy atom. The lowest BCUT2D eigenvalue weighted by Gasteiger charge is -2.22. The average Bonchev–Trinajstić information content (AvgIpc) is 2.69. The molecule has 162 valence electrons. The molecule has 0 fully saturated rings. The molecule has 0 aliphatic heterocycles. The normalized spacial score (nSPS) is 13.0. The zero-order chi connectivity index (χ0) is 22.3. The van der Waals surface area contributed by atoms with Gasteiger partial charge in [0, 0.05) is 5.56 Å². The van der Waals surface area contributed by atoms with E-state index in [9.17, 15) is 26.3 Å². The monoisotopic (exact) mass is 436 g/mol. The number of halogens is 6. The fourth-order valence-electron chi connectivity index (χ4n) is 4.06. The van der Waals surface area contributed by atoms with Crippen molar-refractivity contribution in [3.63, 3.8) is 0 Å². The summed E-state index contributed by atoms with van der Waals surface area (Å²) in [5.41, 5.74) is 4.49. The van der Waals surface area contributed by atoms with Gasteiger partial charge in [0.25, 0.3) is 0 Å². The van der Waals surface area contributed by atoms with Gasteiger partial charge in [-0.1, -0.05) is 31.5 Å². The molecule has 0 bridgehead atoms. The highest BCUT2D eigenvalue weighted by Crippen LogP contribution is 2.39. The van der Waals surface area contributed by atoms with Crippen LogP contribution in [0.3, 0.4) is 0 Å². The lowest BCUT2D eigenvalue weighted by molar-refractivity contribution is -0.276. The molecule has 0 spiro atoms. The molecule has 7 heteroatoms. The van der Waals surface area contributed by atoms with Gasteiger partial charge in [0.05, 0.1) is 0 Å². The van der Waals surface area contributed by atoms with Crippen LogP contribution in [0.4, 0.5) is 26.3 Å². The second kappa shape index (κ2) is 7.94. The van der Waals surface area contributed by atoms with Crippen molar-refractivity contribution in [3.05, 3.63) is 76.6 Å². The third-order valence-corrected chi connectivity index (χ3v) is 5.38. The Bertz CT molecular complexity index is 1130. The first-order valence-corrected chi connectivity index (χ1v) is 9.86. The summed E-state index contributed by atoms with van der Waals surface area (Å²) in [5.74, 6) is -5.39. The molecule has 0 atom stereocenters. The predicted molar refractivity (Wildman–Crippen MR) is 105 cm³/mol. The summed E-state index contributed by atoms with van der Waals surface area (Å²) in [4.78, 5) is 0. The Kier molecular flexibility index (Phi) is 5.45. The van der Waals surface area contributed by atoms with Gasteiger partial charge in [0.15, 0.2) is 11.6 Å². The lowest BCUT2D eigenvalue weighted by atomic mass is 9.83. The third kappa shape index (κ3) is 4.27. The van der Waals surface area contributed by atoms with Gasteiger partial charge in [-0.25, -0.2) is 13.2 Å². The van der Waals surface area contributed by atoms with Crippen LogP contribution in [0.1, 0.15) is 30.0 Å². The molecule has 1 aliphatic carbocycles. The van der Waals surface area contributed by atoms with E-state index in [1.54, 1.807) is 0 Å². The molecule has 0 amide bonds. The minimum absolute atomic E-state index is 0.0823. The number of fused-ring (bicyclic) bond motifs is 3. The molecular weight excluding hydrogens is 418 g/mol. The summed E-state index contributed by atoms with van der Waals surface area (Å²) in [6, 6.07) is 10.2. The van der Waals surface area contributed by atoms with Gasteiger partial charge in [0.2, 0.25) is 5.75 Å². The highest BCUT2D eigenvalue weighted by molar-refractivity contribution is 5.78. The van der Waals surface area contributed by atoms with Crippen molar-refractivity contribution in [3.8, 4) is 28.0 Å². The van der Waals surface area contributed by atoms with Crippen molar-refractivity contribution in [2.24, 2.45) is 0 Å². The van der Waals surface area contributed by atoms with E-state index in [1.807, 2.05) is 12.1 Å². The molecule has 0 saturated heterocycles. The standard InChI is InChI=1S/C24H18F6O/c1-2-3-13-4-7-17-14(8-13)5-6-15-9-19(20(25)12-18(15)17)16-10-21(26)23(22(27)11-16)31-24(28,29)30/h4,7-12H,2-3,5-6H2,1H3. The van der Waals surface area contributed by atoms with Crippen molar-refractivity contribution in [2.45, 2.75) is 39.0 Å². The van der Waals surface area contributed by atoms with Crippen LogP contribution in [0.5, 0.6) is 5.75 Å². The molecule has 0 unspecified atom stereocenters. The molecule has 0 saturated carbocycles. The van der Waals surface area contributed by atoms with E-state index in [0.717, 1.165) is 36.0 Å². The minimum Gasteiger partial charge on any atom is -0.399 e. The number of aryl methyl sites for hydroxylation is 3. The van der Waals surface area contributed by atoms with Gasteiger partial charge < -0.3 is 4.74 Å². The summed E-state index contributed by atoms with van der Waals surface area (Å²) in [6.45, 7) is 2.10. The maximum absolute atomic E-state index is 14.9. The molecule has 31 heavy (non-hydrogen) atoms. The van der Waals surface area contributed by atoms with Crippen LogP contribution >= 0.6 is 0 Å². The summed E-state index contributed by atoms with van der Waals surface area (Å²) in [7, 11) is 0. The zero-order valence-corrected chi connectivity index (χ0v) is 16.5. The van der Waals surface area contributed by atoms with E-state index in [-0.39, 0.29) is 11.1 Å². The Labute approximate surface area is 175 Å².